The van der Waals surface area contributed by atoms with E-state index in [1.807, 2.05) is 12.1 Å². The molecule has 2 aromatic rings. The Labute approximate surface area is 174 Å². The van der Waals surface area contributed by atoms with Gasteiger partial charge in [0.2, 0.25) is 5.91 Å². The van der Waals surface area contributed by atoms with E-state index in [0.717, 1.165) is 18.7 Å². The van der Waals surface area contributed by atoms with Crippen LogP contribution in [0.5, 0.6) is 11.5 Å². The molecule has 2 N–H and O–H groups in total. The lowest BCUT2D eigenvalue weighted by Crippen LogP contribution is -2.35. The molecule has 1 heterocycles. The van der Waals surface area contributed by atoms with Crippen LogP contribution in [-0.4, -0.2) is 54.4 Å². The molecule has 2 aromatic carbocycles. The van der Waals surface area contributed by atoms with E-state index < -0.39 is 11.9 Å². The first-order valence-corrected chi connectivity index (χ1v) is 9.79. The molecule has 1 aliphatic heterocycles. The maximum atomic E-state index is 13.5. The third-order valence-corrected chi connectivity index (χ3v) is 4.75. The molecule has 1 amide bonds. The fourth-order valence-electron chi connectivity index (χ4n) is 3.21. The Morgan fingerprint density at radius 3 is 2.83 bits per heavy atom. The highest BCUT2D eigenvalue weighted by molar-refractivity contribution is 6.30. The van der Waals surface area contributed by atoms with Gasteiger partial charge in [-0.1, -0.05) is 11.6 Å². The average molecular weight is 423 g/mol. The number of aliphatic hydroxyl groups excluding tert-OH is 1. The van der Waals surface area contributed by atoms with Gasteiger partial charge in [0.15, 0.2) is 0 Å². The Kier molecular flexibility index (Phi) is 7.30. The molecule has 0 aromatic heterocycles. The van der Waals surface area contributed by atoms with Crippen molar-refractivity contribution in [3.63, 3.8) is 0 Å². The number of carbonyl (C=O) groups is 1. The second-order valence-corrected chi connectivity index (χ2v) is 7.46. The summed E-state index contributed by atoms with van der Waals surface area (Å²) >= 11 is 5.88. The van der Waals surface area contributed by atoms with Gasteiger partial charge in [-0.15, -0.1) is 0 Å². The summed E-state index contributed by atoms with van der Waals surface area (Å²) < 4.78 is 25.0. The Bertz CT molecular complexity index is 834. The zero-order valence-corrected chi connectivity index (χ0v) is 16.9. The first kappa shape index (κ1) is 21.4. The van der Waals surface area contributed by atoms with Crippen molar-refractivity contribution in [3.05, 3.63) is 53.3 Å². The SMILES string of the molecule is CC(=O)Nc1ccc(F)cc1OC[C@H](O)CN1CC[C@@H](Oc2ccc(Cl)cc2)C1. The van der Waals surface area contributed by atoms with Gasteiger partial charge in [0.1, 0.15) is 36.1 Å². The van der Waals surface area contributed by atoms with Crippen LogP contribution in [0.15, 0.2) is 42.5 Å². The summed E-state index contributed by atoms with van der Waals surface area (Å²) in [7, 11) is 0. The Hall–Kier alpha value is -2.35. The molecule has 0 unspecified atom stereocenters. The number of ether oxygens (including phenoxy) is 2. The van der Waals surface area contributed by atoms with Crippen molar-refractivity contribution in [2.45, 2.75) is 25.6 Å². The second kappa shape index (κ2) is 9.91. The Balaban J connectivity index is 1.46. The summed E-state index contributed by atoms with van der Waals surface area (Å²) in [4.78, 5) is 13.4. The molecule has 8 heteroatoms. The summed E-state index contributed by atoms with van der Waals surface area (Å²) in [5, 5.41) is 13.6. The number of hydrogen-bond donors (Lipinski definition) is 2. The van der Waals surface area contributed by atoms with Crippen LogP contribution >= 0.6 is 11.6 Å². The van der Waals surface area contributed by atoms with Gasteiger partial charge >= 0.3 is 0 Å². The Morgan fingerprint density at radius 2 is 2.10 bits per heavy atom. The van der Waals surface area contributed by atoms with E-state index in [1.165, 1.54) is 25.1 Å². The van der Waals surface area contributed by atoms with E-state index in [0.29, 0.717) is 23.8 Å². The minimum Gasteiger partial charge on any atom is -0.489 e. The van der Waals surface area contributed by atoms with Crippen LogP contribution < -0.4 is 14.8 Å². The molecule has 6 nitrogen and oxygen atoms in total. The fourth-order valence-corrected chi connectivity index (χ4v) is 3.34. The van der Waals surface area contributed by atoms with Crippen LogP contribution in [0.25, 0.3) is 0 Å². The number of carbonyl (C=O) groups excluding carboxylic acids is 1. The number of nitrogens with one attached hydrogen (secondary N) is 1. The van der Waals surface area contributed by atoms with Gasteiger partial charge in [-0.05, 0) is 42.8 Å². The van der Waals surface area contributed by atoms with Gasteiger partial charge in [0, 0.05) is 37.6 Å². The van der Waals surface area contributed by atoms with E-state index in [1.54, 1.807) is 12.1 Å². The number of halogens is 2. The number of aliphatic hydroxyl groups is 1. The van der Waals surface area contributed by atoms with Crippen LogP contribution in [0, 0.1) is 5.82 Å². The lowest BCUT2D eigenvalue weighted by molar-refractivity contribution is -0.114. The molecule has 1 aliphatic rings. The maximum absolute atomic E-state index is 13.5. The number of hydrogen-bond acceptors (Lipinski definition) is 5. The van der Waals surface area contributed by atoms with Gasteiger partial charge in [0.25, 0.3) is 0 Å². The van der Waals surface area contributed by atoms with Crippen LogP contribution in [0.4, 0.5) is 10.1 Å². The maximum Gasteiger partial charge on any atom is 0.221 e. The average Bonchev–Trinajstić information content (AvgIpc) is 3.10. The lowest BCUT2D eigenvalue weighted by atomic mass is 10.2. The molecule has 2 atom stereocenters. The molecule has 3 rings (SSSR count). The van der Waals surface area contributed by atoms with Crippen molar-refractivity contribution in [1.82, 2.24) is 4.90 Å². The van der Waals surface area contributed by atoms with E-state index >= 15 is 0 Å². The van der Waals surface area contributed by atoms with Crippen LogP contribution in [-0.2, 0) is 4.79 Å². The zero-order chi connectivity index (χ0) is 20.8. The topological polar surface area (TPSA) is 71.0 Å². The molecule has 0 aliphatic carbocycles. The monoisotopic (exact) mass is 422 g/mol. The van der Waals surface area contributed by atoms with E-state index in [9.17, 15) is 14.3 Å². The van der Waals surface area contributed by atoms with Crippen LogP contribution in [0.3, 0.4) is 0 Å². The quantitative estimate of drug-likeness (QED) is 0.682. The van der Waals surface area contributed by atoms with Gasteiger partial charge in [-0.2, -0.15) is 0 Å². The third kappa shape index (κ3) is 6.59. The molecular weight excluding hydrogens is 399 g/mol. The highest BCUT2D eigenvalue weighted by Crippen LogP contribution is 2.26. The molecule has 156 valence electrons. The summed E-state index contributed by atoms with van der Waals surface area (Å²) in [5.74, 6) is 0.183. The largest absolute Gasteiger partial charge is 0.489 e. The number of β-amino-alcohol motifs (C(OH)–C–C–N with tert-alkyl or cyclic N) is 1. The van der Waals surface area contributed by atoms with Crippen molar-refractivity contribution in [2.24, 2.45) is 0 Å². The molecule has 0 spiro atoms. The van der Waals surface area contributed by atoms with Crippen molar-refractivity contribution >= 4 is 23.2 Å². The summed E-state index contributed by atoms with van der Waals surface area (Å²) in [6.45, 7) is 3.24. The van der Waals surface area contributed by atoms with Crippen molar-refractivity contribution in [3.8, 4) is 11.5 Å². The molecule has 29 heavy (non-hydrogen) atoms. The summed E-state index contributed by atoms with van der Waals surface area (Å²) in [6, 6.07) is 11.1. The van der Waals surface area contributed by atoms with E-state index in [2.05, 4.69) is 10.2 Å². The highest BCUT2D eigenvalue weighted by atomic mass is 35.5. The van der Waals surface area contributed by atoms with E-state index in [-0.39, 0.29) is 24.4 Å². The molecule has 1 saturated heterocycles. The molecule has 0 saturated carbocycles. The number of benzene rings is 2. The van der Waals surface area contributed by atoms with Gasteiger partial charge in [-0.25, -0.2) is 4.39 Å². The number of amides is 1. The molecule has 1 fully saturated rings. The minimum atomic E-state index is -0.766. The number of rotatable bonds is 8. The normalized spacial score (nSPS) is 17.7. The highest BCUT2D eigenvalue weighted by Gasteiger charge is 2.26. The molecule has 0 bridgehead atoms. The van der Waals surface area contributed by atoms with Crippen LogP contribution in [0.2, 0.25) is 5.02 Å². The smallest absolute Gasteiger partial charge is 0.221 e. The van der Waals surface area contributed by atoms with Gasteiger partial charge < -0.3 is 19.9 Å². The number of likely N-dealkylation sites (tertiary alicyclic amines) is 1. The molecule has 0 radical (unpaired) electrons. The number of anilines is 1. The minimum absolute atomic E-state index is 0.0186. The van der Waals surface area contributed by atoms with Crippen molar-refractivity contribution in [1.29, 1.82) is 0 Å². The van der Waals surface area contributed by atoms with Crippen LogP contribution in [0.1, 0.15) is 13.3 Å². The summed E-state index contributed by atoms with van der Waals surface area (Å²) in [6.07, 6.45) is 0.129. The van der Waals surface area contributed by atoms with Crippen molar-refractivity contribution in [2.75, 3.05) is 31.6 Å². The Morgan fingerprint density at radius 1 is 1.34 bits per heavy atom. The van der Waals surface area contributed by atoms with E-state index in [4.69, 9.17) is 21.1 Å². The number of nitrogens with zero attached hydrogens (tertiary/aromatic N) is 1. The second-order valence-electron chi connectivity index (χ2n) is 7.03. The van der Waals surface area contributed by atoms with Crippen molar-refractivity contribution < 1.29 is 23.8 Å². The molecular formula is C21H24ClFN2O4. The van der Waals surface area contributed by atoms with Gasteiger partial charge in [0.05, 0.1) is 5.69 Å². The first-order chi connectivity index (χ1) is 13.9. The first-order valence-electron chi connectivity index (χ1n) is 9.41. The third-order valence-electron chi connectivity index (χ3n) is 4.50. The fraction of sp³-hybridized carbons (Fsp3) is 0.381. The predicted molar refractivity (Wildman–Crippen MR) is 109 cm³/mol. The van der Waals surface area contributed by atoms with Gasteiger partial charge in [-0.3, -0.25) is 9.69 Å². The zero-order valence-electron chi connectivity index (χ0n) is 16.1. The standard InChI is InChI=1S/C21H24ClFN2O4/c1-14(26)24-20-7-4-16(23)10-21(20)28-13-17(27)11-25-9-8-19(12-25)29-18-5-2-15(22)3-6-18/h2-7,10,17,19,27H,8-9,11-13H2,1H3,(H,24,26)/t17-,19-/m1/s1. The predicted octanol–water partition coefficient (Wildman–Crippen LogP) is 3.33. The lowest BCUT2D eigenvalue weighted by Gasteiger charge is -2.21. The summed E-state index contributed by atoms with van der Waals surface area (Å²) in [5.41, 5.74) is 0.365.